The fraction of sp³-hybridized carbons (Fsp3) is 0.478. The Balaban J connectivity index is 1.48. The van der Waals surface area contributed by atoms with Gasteiger partial charge in [0, 0.05) is 24.5 Å². The van der Waals surface area contributed by atoms with E-state index in [0.717, 1.165) is 24.8 Å². The summed E-state index contributed by atoms with van der Waals surface area (Å²) in [6.07, 6.45) is 3.02. The molecule has 0 unspecified atom stereocenters. The molecule has 0 radical (unpaired) electrons. The first-order valence-electron chi connectivity index (χ1n) is 10.8. The summed E-state index contributed by atoms with van der Waals surface area (Å²) in [5.41, 5.74) is 1.10. The number of ether oxygens (including phenoxy) is 1. The topological polar surface area (TPSA) is 61.9 Å². The maximum Gasteiger partial charge on any atom is 0.317 e. The van der Waals surface area contributed by atoms with E-state index in [1.807, 2.05) is 23.3 Å². The number of carbonyl (C=O) groups is 2. The van der Waals surface area contributed by atoms with E-state index in [2.05, 4.69) is 5.32 Å². The number of halogens is 1. The molecule has 1 fully saturated rings. The van der Waals surface area contributed by atoms with Crippen molar-refractivity contribution >= 4 is 23.3 Å². The van der Waals surface area contributed by atoms with Crippen LogP contribution in [-0.2, 0) is 11.2 Å². The van der Waals surface area contributed by atoms with Crippen LogP contribution in [0.4, 0.5) is 9.18 Å². The Hall–Kier alpha value is -2.61. The summed E-state index contributed by atoms with van der Waals surface area (Å²) in [5.74, 6) is 0.672. The number of nitrogens with zero attached hydrogens (tertiary/aromatic N) is 2. The quantitative estimate of drug-likeness (QED) is 0.672. The number of rotatable bonds is 8. The number of amides is 3. The highest BCUT2D eigenvalue weighted by molar-refractivity contribution is 7.10. The molecule has 0 saturated heterocycles. The molecular formula is C23H28FN3O3S. The van der Waals surface area contributed by atoms with Crippen molar-refractivity contribution in [1.29, 1.82) is 0 Å². The van der Waals surface area contributed by atoms with E-state index in [0.29, 0.717) is 31.3 Å². The van der Waals surface area contributed by atoms with Crippen LogP contribution in [0, 0.1) is 11.7 Å². The maximum atomic E-state index is 13.3. The lowest BCUT2D eigenvalue weighted by molar-refractivity contribution is -0.135. The van der Waals surface area contributed by atoms with Crippen LogP contribution in [0.2, 0.25) is 0 Å². The minimum Gasteiger partial charge on any atom is -0.491 e. The first kappa shape index (κ1) is 21.6. The van der Waals surface area contributed by atoms with Gasteiger partial charge >= 0.3 is 6.03 Å². The van der Waals surface area contributed by atoms with Crippen LogP contribution >= 0.6 is 11.3 Å². The zero-order valence-electron chi connectivity index (χ0n) is 17.7. The van der Waals surface area contributed by atoms with Gasteiger partial charge in [-0.05, 0) is 73.4 Å². The van der Waals surface area contributed by atoms with Gasteiger partial charge < -0.3 is 19.9 Å². The smallest absolute Gasteiger partial charge is 0.317 e. The number of hydrogen-bond donors (Lipinski definition) is 1. The molecule has 8 heteroatoms. The minimum absolute atomic E-state index is 0.0643. The molecule has 1 saturated carbocycles. The molecule has 6 nitrogen and oxygen atoms in total. The van der Waals surface area contributed by atoms with Crippen LogP contribution in [-0.4, -0.2) is 54.5 Å². The first-order chi connectivity index (χ1) is 15.0. The predicted octanol–water partition coefficient (Wildman–Crippen LogP) is 3.83. The van der Waals surface area contributed by atoms with E-state index in [1.165, 1.54) is 17.0 Å². The van der Waals surface area contributed by atoms with Crippen LogP contribution in [0.3, 0.4) is 0 Å². The van der Waals surface area contributed by atoms with Crippen molar-refractivity contribution in [2.24, 2.45) is 5.92 Å². The predicted molar refractivity (Wildman–Crippen MR) is 118 cm³/mol. The van der Waals surface area contributed by atoms with Gasteiger partial charge in [0.05, 0.1) is 6.04 Å². The zero-order valence-corrected chi connectivity index (χ0v) is 18.5. The third kappa shape index (κ3) is 5.36. The van der Waals surface area contributed by atoms with Gasteiger partial charge in [0.2, 0.25) is 5.91 Å². The Morgan fingerprint density at radius 3 is 2.74 bits per heavy atom. The number of carbonyl (C=O) groups excluding carboxylic acids is 2. The zero-order chi connectivity index (χ0) is 21.8. The van der Waals surface area contributed by atoms with Gasteiger partial charge in [0.1, 0.15) is 24.7 Å². The lowest BCUT2D eigenvalue weighted by Crippen LogP contribution is -2.50. The molecular weight excluding hydrogens is 417 g/mol. The fourth-order valence-corrected chi connectivity index (χ4v) is 4.86. The Morgan fingerprint density at radius 1 is 1.26 bits per heavy atom. The summed E-state index contributed by atoms with van der Waals surface area (Å²) in [6, 6.07) is 7.52. The average Bonchev–Trinajstić information content (AvgIpc) is 3.45. The van der Waals surface area contributed by atoms with Gasteiger partial charge in [0.25, 0.3) is 0 Å². The SMILES string of the molecule is CCNC(=O)N(CC(=O)N1CCc2sccc2[C@@H]1COc1ccc(F)cc1)CC1CC1. The monoisotopic (exact) mass is 445 g/mol. The lowest BCUT2D eigenvalue weighted by atomic mass is 10.0. The second-order valence-corrected chi connectivity index (χ2v) is 9.08. The molecule has 166 valence electrons. The summed E-state index contributed by atoms with van der Waals surface area (Å²) < 4.78 is 19.1. The summed E-state index contributed by atoms with van der Waals surface area (Å²) in [5, 5.41) is 4.86. The highest BCUT2D eigenvalue weighted by Gasteiger charge is 2.34. The largest absolute Gasteiger partial charge is 0.491 e. The van der Waals surface area contributed by atoms with Gasteiger partial charge in [-0.1, -0.05) is 0 Å². The Morgan fingerprint density at radius 2 is 2.03 bits per heavy atom. The fourth-order valence-electron chi connectivity index (χ4n) is 3.93. The minimum atomic E-state index is -0.317. The molecule has 1 atom stereocenters. The van der Waals surface area contributed by atoms with E-state index >= 15 is 0 Å². The second kappa shape index (κ2) is 9.68. The Bertz CT molecular complexity index is 913. The number of thiophene rings is 1. The van der Waals surface area contributed by atoms with Crippen molar-refractivity contribution in [3.05, 3.63) is 52.0 Å². The highest BCUT2D eigenvalue weighted by atomic mass is 32.1. The van der Waals surface area contributed by atoms with Crippen LogP contribution in [0.1, 0.15) is 36.2 Å². The van der Waals surface area contributed by atoms with E-state index in [-0.39, 0.29) is 36.9 Å². The maximum absolute atomic E-state index is 13.3. The summed E-state index contributed by atoms with van der Waals surface area (Å²) in [6.45, 7) is 3.97. The van der Waals surface area contributed by atoms with Gasteiger partial charge in [-0.15, -0.1) is 11.3 Å². The molecule has 4 rings (SSSR count). The molecule has 0 spiro atoms. The van der Waals surface area contributed by atoms with Crippen molar-refractivity contribution < 1.29 is 18.7 Å². The number of nitrogens with one attached hydrogen (secondary N) is 1. The molecule has 2 aromatic rings. The highest BCUT2D eigenvalue weighted by Crippen LogP contribution is 2.34. The molecule has 3 amide bonds. The molecule has 1 aromatic heterocycles. The van der Waals surface area contributed by atoms with E-state index < -0.39 is 0 Å². The van der Waals surface area contributed by atoms with Crippen molar-refractivity contribution in [1.82, 2.24) is 15.1 Å². The second-order valence-electron chi connectivity index (χ2n) is 8.08. The third-order valence-corrected chi connectivity index (χ3v) is 6.75. The first-order valence-corrected chi connectivity index (χ1v) is 11.7. The van der Waals surface area contributed by atoms with Crippen molar-refractivity contribution in [3.63, 3.8) is 0 Å². The molecule has 0 bridgehead atoms. The molecule has 1 aromatic carbocycles. The molecule has 1 aliphatic heterocycles. The Labute approximate surface area is 186 Å². The number of hydrogen-bond acceptors (Lipinski definition) is 4. The molecule has 1 aliphatic carbocycles. The molecule has 2 aliphatic rings. The third-order valence-electron chi connectivity index (χ3n) is 5.75. The van der Waals surface area contributed by atoms with Gasteiger partial charge in [-0.2, -0.15) is 0 Å². The number of urea groups is 1. The van der Waals surface area contributed by atoms with Crippen LogP contribution in [0.25, 0.3) is 0 Å². The Kier molecular flexibility index (Phi) is 6.75. The van der Waals surface area contributed by atoms with E-state index in [9.17, 15) is 14.0 Å². The van der Waals surface area contributed by atoms with Crippen molar-refractivity contribution in [2.45, 2.75) is 32.2 Å². The van der Waals surface area contributed by atoms with Gasteiger partial charge in [-0.25, -0.2) is 9.18 Å². The molecule has 31 heavy (non-hydrogen) atoms. The summed E-state index contributed by atoms with van der Waals surface area (Å²) in [4.78, 5) is 30.5. The standard InChI is InChI=1S/C23H28FN3O3S/c1-2-25-23(29)26(13-16-3-4-16)14-22(28)27-11-9-21-19(10-12-31-21)20(27)15-30-18-7-5-17(24)6-8-18/h5-8,10,12,16,20H,2-4,9,11,13-15H2,1H3,(H,25,29)/t20-/m0/s1. The van der Waals surface area contributed by atoms with E-state index in [4.69, 9.17) is 4.74 Å². The van der Waals surface area contributed by atoms with Gasteiger partial charge in [0.15, 0.2) is 0 Å². The van der Waals surface area contributed by atoms with Crippen molar-refractivity contribution in [2.75, 3.05) is 32.8 Å². The lowest BCUT2D eigenvalue weighted by Gasteiger charge is -2.37. The van der Waals surface area contributed by atoms with Crippen molar-refractivity contribution in [3.8, 4) is 5.75 Å². The summed E-state index contributed by atoms with van der Waals surface area (Å²) in [7, 11) is 0. The van der Waals surface area contributed by atoms with Crippen LogP contribution < -0.4 is 10.1 Å². The van der Waals surface area contributed by atoms with Crippen LogP contribution in [0.15, 0.2) is 35.7 Å². The molecule has 2 heterocycles. The van der Waals surface area contributed by atoms with E-state index in [1.54, 1.807) is 28.4 Å². The average molecular weight is 446 g/mol. The molecule has 1 N–H and O–H groups in total. The number of benzene rings is 1. The number of fused-ring (bicyclic) bond motifs is 1. The normalized spacial score (nSPS) is 17.7. The summed E-state index contributed by atoms with van der Waals surface area (Å²) >= 11 is 1.69. The van der Waals surface area contributed by atoms with Gasteiger partial charge in [-0.3, -0.25) is 4.79 Å². The van der Waals surface area contributed by atoms with Crippen LogP contribution in [0.5, 0.6) is 5.75 Å².